The van der Waals surface area contributed by atoms with Gasteiger partial charge in [-0.3, -0.25) is 0 Å². The van der Waals surface area contributed by atoms with E-state index in [0.717, 1.165) is 27.9 Å². The number of hydrogen-bond donors (Lipinski definition) is 1. The second-order valence-corrected chi connectivity index (χ2v) is 4.89. The van der Waals surface area contributed by atoms with E-state index < -0.39 is 0 Å². The van der Waals surface area contributed by atoms with Crippen molar-refractivity contribution in [3.8, 4) is 0 Å². The molecule has 0 aliphatic carbocycles. The number of nitrogens with one attached hydrogen (secondary N) is 1. The first-order valence-corrected chi connectivity index (χ1v) is 6.03. The maximum absolute atomic E-state index is 4.26. The SMILES string of the molecule is CC(C)CCSc1ncnc2nc[nH]c12. The largest absolute Gasteiger partial charge is 0.341 e. The fourth-order valence-corrected chi connectivity index (χ4v) is 2.44. The molecule has 0 spiro atoms. The van der Waals surface area contributed by atoms with Crippen molar-refractivity contribution in [3.63, 3.8) is 0 Å². The molecule has 0 bridgehead atoms. The maximum Gasteiger partial charge on any atom is 0.181 e. The van der Waals surface area contributed by atoms with Gasteiger partial charge >= 0.3 is 0 Å². The van der Waals surface area contributed by atoms with Gasteiger partial charge in [0.15, 0.2) is 5.65 Å². The molecule has 4 nitrogen and oxygen atoms in total. The molecule has 2 rings (SSSR count). The first kappa shape index (κ1) is 10.4. The smallest absolute Gasteiger partial charge is 0.181 e. The van der Waals surface area contributed by atoms with Crippen LogP contribution >= 0.6 is 11.8 Å². The molecule has 0 fully saturated rings. The number of nitrogens with zero attached hydrogens (tertiary/aromatic N) is 3. The standard InChI is InChI=1S/C10H14N4S/c1-7(2)3-4-15-10-8-9(12-5-11-8)13-6-14-10/h5-7H,3-4H2,1-2H3,(H,11,12,13,14). The monoisotopic (exact) mass is 222 g/mol. The summed E-state index contributed by atoms with van der Waals surface area (Å²) < 4.78 is 0. The summed E-state index contributed by atoms with van der Waals surface area (Å²) in [5.74, 6) is 1.82. The molecule has 0 amide bonds. The molecule has 0 saturated heterocycles. The van der Waals surface area contributed by atoms with Crippen LogP contribution in [0.15, 0.2) is 17.7 Å². The highest BCUT2D eigenvalue weighted by molar-refractivity contribution is 7.99. The van der Waals surface area contributed by atoms with Gasteiger partial charge in [-0.15, -0.1) is 11.8 Å². The number of fused-ring (bicyclic) bond motifs is 1. The molecule has 0 atom stereocenters. The quantitative estimate of drug-likeness (QED) is 0.638. The Morgan fingerprint density at radius 1 is 1.33 bits per heavy atom. The highest BCUT2D eigenvalue weighted by Gasteiger charge is 2.06. The van der Waals surface area contributed by atoms with Crippen LogP contribution in [0.25, 0.3) is 11.2 Å². The lowest BCUT2D eigenvalue weighted by Crippen LogP contribution is -1.91. The Bertz CT molecular complexity index is 438. The zero-order valence-corrected chi connectivity index (χ0v) is 9.71. The van der Waals surface area contributed by atoms with E-state index in [1.165, 1.54) is 6.42 Å². The predicted molar refractivity (Wildman–Crippen MR) is 61.9 cm³/mol. The fourth-order valence-electron chi connectivity index (χ4n) is 1.24. The average Bonchev–Trinajstić information content (AvgIpc) is 2.65. The number of thioether (sulfide) groups is 1. The predicted octanol–water partition coefficient (Wildman–Crippen LogP) is 2.49. The van der Waals surface area contributed by atoms with Gasteiger partial charge in [0, 0.05) is 0 Å². The number of rotatable bonds is 4. The summed E-state index contributed by atoms with van der Waals surface area (Å²) in [7, 11) is 0. The number of H-pyrrole nitrogens is 1. The molecule has 5 heteroatoms. The van der Waals surface area contributed by atoms with Crippen molar-refractivity contribution in [2.45, 2.75) is 25.3 Å². The van der Waals surface area contributed by atoms with Crippen molar-refractivity contribution in [1.82, 2.24) is 19.9 Å². The van der Waals surface area contributed by atoms with Crippen LogP contribution in [0.2, 0.25) is 0 Å². The molecular formula is C10H14N4S. The number of hydrogen-bond acceptors (Lipinski definition) is 4. The molecule has 0 aliphatic rings. The van der Waals surface area contributed by atoms with E-state index in [1.807, 2.05) is 0 Å². The van der Waals surface area contributed by atoms with Crippen molar-refractivity contribution in [1.29, 1.82) is 0 Å². The first-order chi connectivity index (χ1) is 7.27. The molecule has 0 radical (unpaired) electrons. The van der Waals surface area contributed by atoms with Gasteiger partial charge in [-0.1, -0.05) is 13.8 Å². The van der Waals surface area contributed by atoms with E-state index in [1.54, 1.807) is 24.4 Å². The summed E-state index contributed by atoms with van der Waals surface area (Å²) in [4.78, 5) is 15.5. The highest BCUT2D eigenvalue weighted by Crippen LogP contribution is 2.23. The lowest BCUT2D eigenvalue weighted by atomic mass is 10.2. The van der Waals surface area contributed by atoms with Gasteiger partial charge in [0.2, 0.25) is 0 Å². The summed E-state index contributed by atoms with van der Waals surface area (Å²) in [6.45, 7) is 4.46. The van der Waals surface area contributed by atoms with Gasteiger partial charge in [0.05, 0.1) is 6.33 Å². The third-order valence-corrected chi connectivity index (χ3v) is 3.14. The Kier molecular flexibility index (Phi) is 3.20. The molecule has 0 saturated carbocycles. The molecular weight excluding hydrogens is 208 g/mol. The Hall–Kier alpha value is -1.10. The molecule has 0 aromatic carbocycles. The van der Waals surface area contributed by atoms with Crippen LogP contribution in [0.4, 0.5) is 0 Å². The minimum atomic E-state index is 0.733. The van der Waals surface area contributed by atoms with Crippen molar-refractivity contribution in [2.75, 3.05) is 5.75 Å². The van der Waals surface area contributed by atoms with Gasteiger partial charge in [-0.05, 0) is 18.1 Å². The number of imidazole rings is 1. The summed E-state index contributed by atoms with van der Waals surface area (Å²) in [6, 6.07) is 0. The minimum Gasteiger partial charge on any atom is -0.341 e. The van der Waals surface area contributed by atoms with Crippen molar-refractivity contribution in [2.24, 2.45) is 5.92 Å². The fraction of sp³-hybridized carbons (Fsp3) is 0.500. The summed E-state index contributed by atoms with van der Waals surface area (Å²) in [6.07, 6.45) is 4.43. The second-order valence-electron chi connectivity index (χ2n) is 3.81. The maximum atomic E-state index is 4.26. The van der Waals surface area contributed by atoms with Crippen LogP contribution in [-0.4, -0.2) is 25.7 Å². The molecule has 0 unspecified atom stereocenters. The lowest BCUT2D eigenvalue weighted by molar-refractivity contribution is 0.632. The average molecular weight is 222 g/mol. The molecule has 2 aromatic heterocycles. The molecule has 80 valence electrons. The third-order valence-electron chi connectivity index (χ3n) is 2.12. The molecule has 2 aromatic rings. The molecule has 1 N–H and O–H groups in total. The van der Waals surface area contributed by atoms with Crippen LogP contribution in [0.5, 0.6) is 0 Å². The third kappa shape index (κ3) is 2.47. The summed E-state index contributed by atoms with van der Waals surface area (Å²) in [5.41, 5.74) is 1.70. The van der Waals surface area contributed by atoms with Crippen LogP contribution in [0.3, 0.4) is 0 Å². The van der Waals surface area contributed by atoms with Gasteiger partial charge in [0.1, 0.15) is 16.9 Å². The van der Waals surface area contributed by atoms with E-state index in [0.29, 0.717) is 0 Å². The van der Waals surface area contributed by atoms with E-state index in [9.17, 15) is 0 Å². The zero-order chi connectivity index (χ0) is 10.7. The van der Waals surface area contributed by atoms with Crippen molar-refractivity contribution < 1.29 is 0 Å². The van der Waals surface area contributed by atoms with E-state index in [-0.39, 0.29) is 0 Å². The second kappa shape index (κ2) is 4.61. The lowest BCUT2D eigenvalue weighted by Gasteiger charge is -2.03. The normalized spacial score (nSPS) is 11.4. The van der Waals surface area contributed by atoms with Gasteiger partial charge < -0.3 is 4.98 Å². The Balaban J connectivity index is 2.10. The van der Waals surface area contributed by atoms with Gasteiger partial charge in [-0.25, -0.2) is 15.0 Å². The highest BCUT2D eigenvalue weighted by atomic mass is 32.2. The van der Waals surface area contributed by atoms with Crippen LogP contribution in [-0.2, 0) is 0 Å². The molecule has 15 heavy (non-hydrogen) atoms. The van der Waals surface area contributed by atoms with Gasteiger partial charge in [0.25, 0.3) is 0 Å². The minimum absolute atomic E-state index is 0.733. The molecule has 2 heterocycles. The Morgan fingerprint density at radius 3 is 3.00 bits per heavy atom. The number of aromatic nitrogens is 4. The van der Waals surface area contributed by atoms with Crippen LogP contribution in [0.1, 0.15) is 20.3 Å². The van der Waals surface area contributed by atoms with E-state index in [4.69, 9.17) is 0 Å². The van der Waals surface area contributed by atoms with Crippen molar-refractivity contribution >= 4 is 22.9 Å². The summed E-state index contributed by atoms with van der Waals surface area (Å²) in [5, 5.41) is 0.998. The topological polar surface area (TPSA) is 54.5 Å². The summed E-state index contributed by atoms with van der Waals surface area (Å²) >= 11 is 1.76. The van der Waals surface area contributed by atoms with Gasteiger partial charge in [-0.2, -0.15) is 0 Å². The molecule has 0 aliphatic heterocycles. The number of aromatic amines is 1. The zero-order valence-electron chi connectivity index (χ0n) is 8.90. The van der Waals surface area contributed by atoms with Crippen LogP contribution < -0.4 is 0 Å². The van der Waals surface area contributed by atoms with Crippen LogP contribution in [0, 0.1) is 5.92 Å². The van der Waals surface area contributed by atoms with Crippen molar-refractivity contribution in [3.05, 3.63) is 12.7 Å². The first-order valence-electron chi connectivity index (χ1n) is 5.04. The Morgan fingerprint density at radius 2 is 2.20 bits per heavy atom. The van der Waals surface area contributed by atoms with E-state index in [2.05, 4.69) is 33.8 Å². The van der Waals surface area contributed by atoms with E-state index >= 15 is 0 Å². The Labute approximate surface area is 92.9 Å².